The molecule has 4 heteroatoms. The lowest BCUT2D eigenvalue weighted by Gasteiger charge is -2.02. The summed E-state index contributed by atoms with van der Waals surface area (Å²) in [5.74, 6) is -2.22. The molecule has 1 aliphatic carbocycles. The highest BCUT2D eigenvalue weighted by Gasteiger charge is 2.39. The van der Waals surface area contributed by atoms with E-state index in [1.807, 2.05) is 0 Å². The molecule has 14 heavy (non-hydrogen) atoms. The Morgan fingerprint density at radius 1 is 1.14 bits per heavy atom. The minimum atomic E-state index is -1.14. The van der Waals surface area contributed by atoms with Crippen LogP contribution in [0.1, 0.15) is 17.9 Å². The molecule has 0 amide bonds. The van der Waals surface area contributed by atoms with E-state index >= 15 is 0 Å². The Bertz CT molecular complexity index is 365. The smallest absolute Gasteiger partial charge is 0.161 e. The average molecular weight is 221 g/mol. The van der Waals surface area contributed by atoms with Gasteiger partial charge in [-0.25, -0.2) is 13.2 Å². The van der Waals surface area contributed by atoms with Gasteiger partial charge in [0.2, 0.25) is 0 Å². The molecule has 1 fully saturated rings. The fourth-order valence-corrected chi connectivity index (χ4v) is 1.96. The molecular formula is C10H8ClF3. The molecule has 0 aromatic heterocycles. The molecule has 0 saturated heterocycles. The Balaban J connectivity index is 2.31. The van der Waals surface area contributed by atoms with E-state index in [0.29, 0.717) is 11.9 Å². The lowest BCUT2D eigenvalue weighted by molar-refractivity contribution is 0.489. The number of hydrogen-bond donors (Lipinski definition) is 0. The van der Waals surface area contributed by atoms with Crippen LogP contribution >= 0.6 is 11.6 Å². The SMILES string of the molecule is Fc1cc(F)c(C2CC2CCl)cc1F. The van der Waals surface area contributed by atoms with Crippen molar-refractivity contribution in [1.82, 2.24) is 0 Å². The second-order valence-electron chi connectivity index (χ2n) is 3.54. The monoisotopic (exact) mass is 220 g/mol. The number of rotatable bonds is 2. The molecule has 1 aromatic rings. The Hall–Kier alpha value is -0.700. The van der Waals surface area contributed by atoms with E-state index in [4.69, 9.17) is 11.6 Å². The van der Waals surface area contributed by atoms with E-state index in [1.54, 1.807) is 0 Å². The van der Waals surface area contributed by atoms with Crippen molar-refractivity contribution in [2.24, 2.45) is 5.92 Å². The maximum atomic E-state index is 13.2. The van der Waals surface area contributed by atoms with Gasteiger partial charge in [0.05, 0.1) is 0 Å². The van der Waals surface area contributed by atoms with E-state index in [0.717, 1.165) is 12.5 Å². The standard InChI is InChI=1S/C10H8ClF3/c11-4-5-1-6(5)7-2-9(13)10(14)3-8(7)12/h2-3,5-6H,1,4H2. The van der Waals surface area contributed by atoms with Crippen molar-refractivity contribution < 1.29 is 13.2 Å². The second-order valence-corrected chi connectivity index (χ2v) is 3.85. The van der Waals surface area contributed by atoms with Crippen molar-refractivity contribution in [2.45, 2.75) is 12.3 Å². The lowest BCUT2D eigenvalue weighted by Crippen LogP contribution is -1.95. The summed E-state index contributed by atoms with van der Waals surface area (Å²) in [4.78, 5) is 0. The van der Waals surface area contributed by atoms with Crippen LogP contribution in [-0.2, 0) is 0 Å². The van der Waals surface area contributed by atoms with Crippen LogP contribution in [0.3, 0.4) is 0 Å². The van der Waals surface area contributed by atoms with Crippen LogP contribution in [-0.4, -0.2) is 5.88 Å². The van der Waals surface area contributed by atoms with Gasteiger partial charge in [0, 0.05) is 11.9 Å². The third-order valence-corrected chi connectivity index (χ3v) is 2.96. The third kappa shape index (κ3) is 1.61. The first-order chi connectivity index (χ1) is 6.63. The zero-order chi connectivity index (χ0) is 10.3. The van der Waals surface area contributed by atoms with Crippen molar-refractivity contribution in [3.05, 3.63) is 35.1 Å². The van der Waals surface area contributed by atoms with Gasteiger partial charge >= 0.3 is 0 Å². The van der Waals surface area contributed by atoms with Crippen molar-refractivity contribution in [3.8, 4) is 0 Å². The van der Waals surface area contributed by atoms with E-state index in [-0.39, 0.29) is 17.4 Å². The molecule has 0 radical (unpaired) electrons. The minimum Gasteiger partial charge on any atom is -0.207 e. The van der Waals surface area contributed by atoms with Gasteiger partial charge in [-0.2, -0.15) is 0 Å². The molecule has 2 atom stereocenters. The first kappa shape index (κ1) is 9.84. The molecule has 0 N–H and O–H groups in total. The summed E-state index contributed by atoms with van der Waals surface area (Å²) >= 11 is 5.58. The van der Waals surface area contributed by atoms with Crippen LogP contribution < -0.4 is 0 Å². The zero-order valence-corrected chi connectivity index (χ0v) is 7.99. The summed E-state index contributed by atoms with van der Waals surface area (Å²) in [6, 6.07) is 1.52. The fraction of sp³-hybridized carbons (Fsp3) is 0.400. The number of hydrogen-bond acceptors (Lipinski definition) is 0. The molecule has 0 spiro atoms. The van der Waals surface area contributed by atoms with E-state index < -0.39 is 17.5 Å². The Morgan fingerprint density at radius 3 is 2.36 bits per heavy atom. The number of benzene rings is 1. The molecule has 0 heterocycles. The van der Waals surface area contributed by atoms with Crippen LogP contribution in [0.25, 0.3) is 0 Å². The quantitative estimate of drug-likeness (QED) is 0.529. The topological polar surface area (TPSA) is 0 Å². The summed E-state index contributed by atoms with van der Waals surface area (Å²) < 4.78 is 38.6. The third-order valence-electron chi connectivity index (χ3n) is 2.56. The van der Waals surface area contributed by atoms with Crippen molar-refractivity contribution in [2.75, 3.05) is 5.88 Å². The molecule has 2 rings (SSSR count). The van der Waals surface area contributed by atoms with Gasteiger partial charge in [-0.05, 0) is 29.9 Å². The molecule has 1 aromatic carbocycles. The Morgan fingerprint density at radius 2 is 1.79 bits per heavy atom. The first-order valence-electron chi connectivity index (χ1n) is 4.34. The van der Waals surface area contributed by atoms with Gasteiger partial charge in [-0.3, -0.25) is 0 Å². The summed E-state index contributed by atoms with van der Waals surface area (Å²) in [5, 5.41) is 0. The fourth-order valence-electron chi connectivity index (χ4n) is 1.62. The minimum absolute atomic E-state index is 0.0393. The van der Waals surface area contributed by atoms with Crippen molar-refractivity contribution in [1.29, 1.82) is 0 Å². The van der Waals surface area contributed by atoms with Crippen molar-refractivity contribution >= 4 is 11.6 Å². The summed E-state index contributed by atoms with van der Waals surface area (Å²) in [6.07, 6.45) is 0.755. The van der Waals surface area contributed by atoms with E-state index in [1.165, 1.54) is 0 Å². The molecule has 0 nitrogen and oxygen atoms in total. The Kier molecular flexibility index (Phi) is 2.43. The maximum Gasteiger partial charge on any atom is 0.161 e. The average Bonchev–Trinajstić information content (AvgIpc) is 2.90. The highest BCUT2D eigenvalue weighted by molar-refractivity contribution is 6.18. The highest BCUT2D eigenvalue weighted by Crippen LogP contribution is 2.48. The van der Waals surface area contributed by atoms with Crippen LogP contribution in [0.5, 0.6) is 0 Å². The lowest BCUT2D eigenvalue weighted by atomic mass is 10.1. The van der Waals surface area contributed by atoms with Crippen LogP contribution in [0.15, 0.2) is 12.1 Å². The summed E-state index contributed by atoms with van der Waals surface area (Å²) in [7, 11) is 0. The van der Waals surface area contributed by atoms with Crippen LogP contribution in [0.2, 0.25) is 0 Å². The van der Waals surface area contributed by atoms with E-state index in [2.05, 4.69) is 0 Å². The molecule has 1 saturated carbocycles. The molecular weight excluding hydrogens is 213 g/mol. The summed E-state index contributed by atoms with van der Waals surface area (Å²) in [6.45, 7) is 0. The van der Waals surface area contributed by atoms with Gasteiger partial charge < -0.3 is 0 Å². The molecule has 1 aliphatic rings. The maximum absolute atomic E-state index is 13.2. The van der Waals surface area contributed by atoms with Gasteiger partial charge in [-0.1, -0.05) is 0 Å². The van der Waals surface area contributed by atoms with Crippen LogP contribution in [0, 0.1) is 23.4 Å². The second kappa shape index (κ2) is 3.46. The normalized spacial score (nSPS) is 25.1. The Labute approximate surface area is 84.7 Å². The van der Waals surface area contributed by atoms with Crippen molar-refractivity contribution in [3.63, 3.8) is 0 Å². The number of halogens is 4. The van der Waals surface area contributed by atoms with Gasteiger partial charge in [-0.15, -0.1) is 11.6 Å². The largest absolute Gasteiger partial charge is 0.207 e. The van der Waals surface area contributed by atoms with Gasteiger partial charge in [0.15, 0.2) is 11.6 Å². The molecule has 0 bridgehead atoms. The van der Waals surface area contributed by atoms with Gasteiger partial charge in [0.25, 0.3) is 0 Å². The molecule has 76 valence electrons. The predicted molar refractivity (Wildman–Crippen MR) is 47.9 cm³/mol. The van der Waals surface area contributed by atoms with E-state index in [9.17, 15) is 13.2 Å². The molecule has 0 aliphatic heterocycles. The summed E-state index contributed by atoms with van der Waals surface area (Å²) in [5.41, 5.74) is 0.245. The predicted octanol–water partition coefficient (Wildman–Crippen LogP) is 3.45. The van der Waals surface area contributed by atoms with Gasteiger partial charge in [0.1, 0.15) is 5.82 Å². The number of alkyl halides is 1. The molecule has 2 unspecified atom stereocenters. The zero-order valence-electron chi connectivity index (χ0n) is 7.24. The highest BCUT2D eigenvalue weighted by atomic mass is 35.5. The van der Waals surface area contributed by atoms with Crippen LogP contribution in [0.4, 0.5) is 13.2 Å². The first-order valence-corrected chi connectivity index (χ1v) is 4.87.